The van der Waals surface area contributed by atoms with Crippen LogP contribution in [-0.4, -0.2) is 21.9 Å². The average molecular weight is 229 g/mol. The van der Waals surface area contributed by atoms with Crippen LogP contribution in [0.25, 0.3) is 0 Å². The molecule has 0 aliphatic carbocycles. The monoisotopic (exact) mass is 228 g/mol. The second-order valence-corrected chi connectivity index (χ2v) is 3.73. The summed E-state index contributed by atoms with van der Waals surface area (Å²) in [6.07, 6.45) is 0.251. The SMILES string of the molecule is Cc1nc(Cl)cc(NC(C)CC(N)=O)n1. The molecule has 1 aromatic heterocycles. The van der Waals surface area contributed by atoms with Crippen molar-refractivity contribution in [2.24, 2.45) is 5.73 Å². The zero-order valence-electron chi connectivity index (χ0n) is 8.62. The third-order valence-corrected chi connectivity index (χ3v) is 1.90. The topological polar surface area (TPSA) is 80.9 Å². The van der Waals surface area contributed by atoms with E-state index in [0.29, 0.717) is 16.8 Å². The summed E-state index contributed by atoms with van der Waals surface area (Å²) >= 11 is 5.76. The third kappa shape index (κ3) is 4.12. The van der Waals surface area contributed by atoms with E-state index in [9.17, 15) is 4.79 Å². The van der Waals surface area contributed by atoms with Crippen LogP contribution in [0.1, 0.15) is 19.2 Å². The molecule has 0 saturated heterocycles. The molecule has 82 valence electrons. The summed E-state index contributed by atoms with van der Waals surface area (Å²) in [6, 6.07) is 1.53. The van der Waals surface area contributed by atoms with Gasteiger partial charge in [0.1, 0.15) is 16.8 Å². The van der Waals surface area contributed by atoms with Crippen molar-refractivity contribution in [2.75, 3.05) is 5.32 Å². The van der Waals surface area contributed by atoms with E-state index in [0.717, 1.165) is 0 Å². The minimum absolute atomic E-state index is 0.0760. The number of amides is 1. The molecule has 1 aromatic rings. The lowest BCUT2D eigenvalue weighted by atomic mass is 10.2. The van der Waals surface area contributed by atoms with Crippen molar-refractivity contribution in [1.82, 2.24) is 9.97 Å². The van der Waals surface area contributed by atoms with Crippen molar-refractivity contribution in [3.05, 3.63) is 17.0 Å². The molecule has 0 fully saturated rings. The van der Waals surface area contributed by atoms with Gasteiger partial charge in [0.2, 0.25) is 5.91 Å². The minimum atomic E-state index is -0.355. The normalized spacial score (nSPS) is 12.2. The Bertz CT molecular complexity index is 349. The predicted molar refractivity (Wildman–Crippen MR) is 58.7 cm³/mol. The molecular weight excluding hydrogens is 216 g/mol. The summed E-state index contributed by atoms with van der Waals surface area (Å²) in [5.41, 5.74) is 5.07. The Morgan fingerprint density at radius 2 is 2.33 bits per heavy atom. The van der Waals surface area contributed by atoms with Crippen molar-refractivity contribution in [1.29, 1.82) is 0 Å². The standard InChI is InChI=1S/C9H13ClN4O/c1-5(3-8(11)15)12-9-4-7(10)13-6(2)14-9/h4-5H,3H2,1-2H3,(H2,11,15)(H,12,13,14). The molecule has 1 rings (SSSR count). The highest BCUT2D eigenvalue weighted by Crippen LogP contribution is 2.12. The van der Waals surface area contributed by atoms with Crippen LogP contribution in [0.4, 0.5) is 5.82 Å². The van der Waals surface area contributed by atoms with Crippen LogP contribution < -0.4 is 11.1 Å². The fourth-order valence-electron chi connectivity index (χ4n) is 1.21. The number of rotatable bonds is 4. The number of carbonyl (C=O) groups excluding carboxylic acids is 1. The molecule has 6 heteroatoms. The molecule has 0 saturated carbocycles. The molecule has 0 spiro atoms. The summed E-state index contributed by atoms with van der Waals surface area (Å²) in [5, 5.41) is 3.39. The number of carbonyl (C=O) groups is 1. The maximum Gasteiger partial charge on any atom is 0.219 e. The molecule has 1 atom stereocenters. The summed E-state index contributed by atoms with van der Waals surface area (Å²) in [6.45, 7) is 3.59. The van der Waals surface area contributed by atoms with Gasteiger partial charge in [-0.1, -0.05) is 11.6 Å². The quantitative estimate of drug-likeness (QED) is 0.757. The van der Waals surface area contributed by atoms with Gasteiger partial charge < -0.3 is 11.1 Å². The van der Waals surface area contributed by atoms with Gasteiger partial charge in [0.15, 0.2) is 0 Å². The first-order chi connectivity index (χ1) is 6.97. The smallest absolute Gasteiger partial charge is 0.219 e. The van der Waals surface area contributed by atoms with Crippen LogP contribution in [0.2, 0.25) is 5.15 Å². The van der Waals surface area contributed by atoms with E-state index in [1.165, 1.54) is 0 Å². The summed E-state index contributed by atoms with van der Waals surface area (Å²) in [4.78, 5) is 18.7. The van der Waals surface area contributed by atoms with Gasteiger partial charge >= 0.3 is 0 Å². The van der Waals surface area contributed by atoms with E-state index in [1.807, 2.05) is 6.92 Å². The molecule has 0 bridgehead atoms. The van der Waals surface area contributed by atoms with Crippen LogP contribution in [-0.2, 0) is 4.79 Å². The van der Waals surface area contributed by atoms with Crippen molar-refractivity contribution >= 4 is 23.3 Å². The molecule has 3 N–H and O–H groups in total. The molecule has 0 aromatic carbocycles. The van der Waals surface area contributed by atoms with Gasteiger partial charge in [-0.25, -0.2) is 9.97 Å². The number of aromatic nitrogens is 2. The molecule has 15 heavy (non-hydrogen) atoms. The van der Waals surface area contributed by atoms with Crippen molar-refractivity contribution < 1.29 is 4.79 Å². The number of nitrogens with one attached hydrogen (secondary N) is 1. The Morgan fingerprint density at radius 3 is 2.87 bits per heavy atom. The van der Waals surface area contributed by atoms with E-state index in [4.69, 9.17) is 17.3 Å². The van der Waals surface area contributed by atoms with Crippen molar-refractivity contribution in [3.8, 4) is 0 Å². The lowest BCUT2D eigenvalue weighted by Gasteiger charge is -2.12. The predicted octanol–water partition coefficient (Wildman–Crippen LogP) is 1.11. The van der Waals surface area contributed by atoms with Gasteiger partial charge in [0.25, 0.3) is 0 Å². The van der Waals surface area contributed by atoms with Gasteiger partial charge in [0.05, 0.1) is 0 Å². The number of hydrogen-bond acceptors (Lipinski definition) is 4. The minimum Gasteiger partial charge on any atom is -0.370 e. The Balaban J connectivity index is 2.67. The zero-order valence-corrected chi connectivity index (χ0v) is 9.38. The van der Waals surface area contributed by atoms with E-state index in [-0.39, 0.29) is 18.4 Å². The highest BCUT2D eigenvalue weighted by molar-refractivity contribution is 6.29. The molecule has 1 heterocycles. The number of aryl methyl sites for hydroxylation is 1. The fourth-order valence-corrected chi connectivity index (χ4v) is 1.44. The van der Waals surface area contributed by atoms with Crippen LogP contribution >= 0.6 is 11.6 Å². The van der Waals surface area contributed by atoms with Gasteiger partial charge in [-0.05, 0) is 13.8 Å². The Morgan fingerprint density at radius 1 is 1.67 bits per heavy atom. The van der Waals surface area contributed by atoms with Crippen LogP contribution in [0.5, 0.6) is 0 Å². The second kappa shape index (κ2) is 4.93. The van der Waals surface area contributed by atoms with E-state index in [2.05, 4.69) is 15.3 Å². The molecule has 1 unspecified atom stereocenters. The third-order valence-electron chi connectivity index (χ3n) is 1.71. The fraction of sp³-hybridized carbons (Fsp3) is 0.444. The Labute approximate surface area is 93.0 Å². The first-order valence-electron chi connectivity index (χ1n) is 4.53. The number of halogens is 1. The lowest BCUT2D eigenvalue weighted by Crippen LogP contribution is -2.24. The molecule has 0 radical (unpaired) electrons. The number of primary amides is 1. The van der Waals surface area contributed by atoms with Crippen molar-refractivity contribution in [3.63, 3.8) is 0 Å². The zero-order chi connectivity index (χ0) is 11.4. The maximum atomic E-state index is 10.7. The van der Waals surface area contributed by atoms with Gasteiger partial charge in [-0.15, -0.1) is 0 Å². The molecule has 0 aliphatic heterocycles. The summed E-state index contributed by atoms with van der Waals surface area (Å²) in [5.74, 6) is 0.824. The van der Waals surface area contributed by atoms with Gasteiger partial charge in [-0.3, -0.25) is 4.79 Å². The Hall–Kier alpha value is -1.36. The van der Waals surface area contributed by atoms with E-state index >= 15 is 0 Å². The largest absolute Gasteiger partial charge is 0.370 e. The Kier molecular flexibility index (Phi) is 3.85. The molecule has 5 nitrogen and oxygen atoms in total. The highest BCUT2D eigenvalue weighted by Gasteiger charge is 2.07. The van der Waals surface area contributed by atoms with Crippen LogP contribution in [0.3, 0.4) is 0 Å². The summed E-state index contributed by atoms with van der Waals surface area (Å²) < 4.78 is 0. The van der Waals surface area contributed by atoms with Crippen molar-refractivity contribution in [2.45, 2.75) is 26.3 Å². The maximum absolute atomic E-state index is 10.7. The molecule has 0 aliphatic rings. The lowest BCUT2D eigenvalue weighted by molar-refractivity contribution is -0.118. The average Bonchev–Trinajstić information content (AvgIpc) is 1.98. The number of anilines is 1. The molecule has 1 amide bonds. The number of nitrogens with two attached hydrogens (primary N) is 1. The van der Waals surface area contributed by atoms with Crippen LogP contribution in [0, 0.1) is 6.92 Å². The highest BCUT2D eigenvalue weighted by atomic mass is 35.5. The van der Waals surface area contributed by atoms with E-state index in [1.54, 1.807) is 13.0 Å². The number of hydrogen-bond donors (Lipinski definition) is 2. The first-order valence-corrected chi connectivity index (χ1v) is 4.91. The number of nitrogens with zero attached hydrogens (tertiary/aromatic N) is 2. The van der Waals surface area contributed by atoms with Gasteiger partial charge in [-0.2, -0.15) is 0 Å². The first kappa shape index (κ1) is 11.7. The van der Waals surface area contributed by atoms with Gasteiger partial charge in [0, 0.05) is 18.5 Å². The van der Waals surface area contributed by atoms with E-state index < -0.39 is 0 Å². The summed E-state index contributed by atoms with van der Waals surface area (Å²) in [7, 11) is 0. The second-order valence-electron chi connectivity index (χ2n) is 3.34. The molecular formula is C9H13ClN4O. The van der Waals surface area contributed by atoms with Crippen LogP contribution in [0.15, 0.2) is 6.07 Å².